The smallest absolute Gasteiger partial charge is 0.269 e. The van der Waals surface area contributed by atoms with Crippen LogP contribution in [0.3, 0.4) is 0 Å². The van der Waals surface area contributed by atoms with Crippen LogP contribution in [0.5, 0.6) is 0 Å². The zero-order valence-electron chi connectivity index (χ0n) is 13.6. The Hall–Kier alpha value is -2.63. The van der Waals surface area contributed by atoms with Crippen molar-refractivity contribution in [3.63, 3.8) is 0 Å². The van der Waals surface area contributed by atoms with Gasteiger partial charge in [0.05, 0.1) is 5.69 Å². The number of H-pyrrole nitrogens is 1. The van der Waals surface area contributed by atoms with Crippen LogP contribution < -0.4 is 11.1 Å². The molecule has 1 aromatic carbocycles. The van der Waals surface area contributed by atoms with Crippen LogP contribution in [-0.2, 0) is 4.79 Å². The summed E-state index contributed by atoms with van der Waals surface area (Å²) < 4.78 is 0. The first-order valence-corrected chi connectivity index (χ1v) is 7.65. The zero-order chi connectivity index (χ0) is 17.0. The number of carbonyl (C=O) groups is 2. The first-order chi connectivity index (χ1) is 10.9. The van der Waals surface area contributed by atoms with Gasteiger partial charge in [-0.2, -0.15) is 5.10 Å². The molecule has 1 aromatic heterocycles. The van der Waals surface area contributed by atoms with E-state index in [1.807, 2.05) is 45.0 Å². The number of aromatic nitrogens is 2. The van der Waals surface area contributed by atoms with Crippen LogP contribution in [-0.4, -0.2) is 28.1 Å². The van der Waals surface area contributed by atoms with E-state index in [-0.39, 0.29) is 11.8 Å². The number of hydrogen-bond acceptors (Lipinski definition) is 3. The second kappa shape index (κ2) is 7.09. The average molecular weight is 314 g/mol. The molecule has 6 nitrogen and oxygen atoms in total. The molecule has 23 heavy (non-hydrogen) atoms. The van der Waals surface area contributed by atoms with Gasteiger partial charge in [0.25, 0.3) is 5.91 Å². The lowest BCUT2D eigenvalue weighted by molar-refractivity contribution is -0.120. The standard InChI is InChI=1S/C17H22N4O2/c1-4-11(3)15(16(18)22)19-17(23)14-9-13(20-21-14)12-7-5-10(2)6-8-12/h5-9,11,15H,4H2,1-3H3,(H2,18,22)(H,19,23)(H,20,21). The Balaban J connectivity index is 2.14. The highest BCUT2D eigenvalue weighted by Gasteiger charge is 2.24. The highest BCUT2D eigenvalue weighted by atomic mass is 16.2. The van der Waals surface area contributed by atoms with Crippen LogP contribution in [0, 0.1) is 12.8 Å². The summed E-state index contributed by atoms with van der Waals surface area (Å²) >= 11 is 0. The molecule has 0 saturated heterocycles. The summed E-state index contributed by atoms with van der Waals surface area (Å²) in [5.41, 5.74) is 8.42. The number of hydrogen-bond donors (Lipinski definition) is 3. The van der Waals surface area contributed by atoms with Gasteiger partial charge in [-0.25, -0.2) is 0 Å². The second-order valence-electron chi connectivity index (χ2n) is 5.77. The van der Waals surface area contributed by atoms with Crippen molar-refractivity contribution in [3.05, 3.63) is 41.6 Å². The maximum atomic E-state index is 12.3. The molecular weight excluding hydrogens is 292 g/mol. The van der Waals surface area contributed by atoms with E-state index in [9.17, 15) is 9.59 Å². The van der Waals surface area contributed by atoms with E-state index in [2.05, 4.69) is 15.5 Å². The molecule has 0 radical (unpaired) electrons. The Bertz CT molecular complexity index is 691. The summed E-state index contributed by atoms with van der Waals surface area (Å²) in [5, 5.41) is 9.53. The quantitative estimate of drug-likeness (QED) is 0.760. The molecule has 2 rings (SSSR count). The van der Waals surface area contributed by atoms with Crippen molar-refractivity contribution >= 4 is 11.8 Å². The van der Waals surface area contributed by atoms with Gasteiger partial charge >= 0.3 is 0 Å². The molecule has 4 N–H and O–H groups in total. The molecule has 0 aliphatic rings. The summed E-state index contributed by atoms with van der Waals surface area (Å²) in [6, 6.07) is 8.82. The van der Waals surface area contributed by atoms with Gasteiger partial charge in [-0.05, 0) is 18.9 Å². The molecule has 0 aliphatic carbocycles. The monoisotopic (exact) mass is 314 g/mol. The number of nitrogens with zero attached hydrogens (tertiary/aromatic N) is 1. The van der Waals surface area contributed by atoms with E-state index in [1.54, 1.807) is 6.07 Å². The Morgan fingerprint density at radius 1 is 1.30 bits per heavy atom. The number of aryl methyl sites for hydroxylation is 1. The SMILES string of the molecule is CCC(C)C(NC(=O)c1cc(-c2ccc(C)cc2)n[nH]1)C(N)=O. The molecule has 6 heteroatoms. The van der Waals surface area contributed by atoms with Crippen molar-refractivity contribution in [2.24, 2.45) is 11.7 Å². The number of aromatic amines is 1. The minimum Gasteiger partial charge on any atom is -0.368 e. The molecule has 122 valence electrons. The predicted molar refractivity (Wildman–Crippen MR) is 88.7 cm³/mol. The zero-order valence-corrected chi connectivity index (χ0v) is 13.6. The van der Waals surface area contributed by atoms with Crippen molar-refractivity contribution < 1.29 is 9.59 Å². The van der Waals surface area contributed by atoms with Gasteiger partial charge in [0, 0.05) is 5.56 Å². The Morgan fingerprint density at radius 3 is 2.52 bits per heavy atom. The molecule has 1 heterocycles. The Morgan fingerprint density at radius 2 is 1.96 bits per heavy atom. The van der Waals surface area contributed by atoms with Crippen molar-refractivity contribution in [1.82, 2.24) is 15.5 Å². The first kappa shape index (κ1) is 16.7. The number of amides is 2. The lowest BCUT2D eigenvalue weighted by Gasteiger charge is -2.20. The van der Waals surface area contributed by atoms with Gasteiger partial charge in [-0.15, -0.1) is 0 Å². The van der Waals surface area contributed by atoms with Gasteiger partial charge in [0.2, 0.25) is 5.91 Å². The number of nitrogens with two attached hydrogens (primary N) is 1. The van der Waals surface area contributed by atoms with E-state index in [1.165, 1.54) is 0 Å². The van der Waals surface area contributed by atoms with Gasteiger partial charge < -0.3 is 11.1 Å². The Kier molecular flexibility index (Phi) is 5.16. The third-order valence-electron chi connectivity index (χ3n) is 3.98. The number of carbonyl (C=O) groups excluding carboxylic acids is 2. The van der Waals surface area contributed by atoms with Crippen molar-refractivity contribution in [1.29, 1.82) is 0 Å². The van der Waals surface area contributed by atoms with Crippen LogP contribution in [0.4, 0.5) is 0 Å². The van der Waals surface area contributed by atoms with Crippen LogP contribution in [0.2, 0.25) is 0 Å². The van der Waals surface area contributed by atoms with Gasteiger partial charge in [-0.3, -0.25) is 14.7 Å². The summed E-state index contributed by atoms with van der Waals surface area (Å²) in [6.45, 7) is 5.82. The third-order valence-corrected chi connectivity index (χ3v) is 3.98. The molecule has 0 aliphatic heterocycles. The van der Waals surface area contributed by atoms with E-state index in [4.69, 9.17) is 5.73 Å². The lowest BCUT2D eigenvalue weighted by atomic mass is 9.98. The average Bonchev–Trinajstić information content (AvgIpc) is 3.02. The molecule has 2 aromatic rings. The molecule has 0 spiro atoms. The molecule has 2 amide bonds. The van der Waals surface area contributed by atoms with Crippen molar-refractivity contribution in [3.8, 4) is 11.3 Å². The highest BCUT2D eigenvalue weighted by Crippen LogP contribution is 2.18. The summed E-state index contributed by atoms with van der Waals surface area (Å²) in [6.07, 6.45) is 0.742. The maximum absolute atomic E-state index is 12.3. The maximum Gasteiger partial charge on any atom is 0.269 e. The molecule has 0 bridgehead atoms. The fourth-order valence-electron chi connectivity index (χ4n) is 2.26. The van der Waals surface area contributed by atoms with Crippen LogP contribution in [0.15, 0.2) is 30.3 Å². The van der Waals surface area contributed by atoms with E-state index < -0.39 is 11.9 Å². The van der Waals surface area contributed by atoms with Gasteiger partial charge in [0.15, 0.2) is 0 Å². The predicted octanol–water partition coefficient (Wildman–Crippen LogP) is 2.01. The third kappa shape index (κ3) is 3.97. The normalized spacial score (nSPS) is 13.3. The first-order valence-electron chi connectivity index (χ1n) is 7.65. The number of primary amides is 1. The van der Waals surface area contributed by atoms with Crippen molar-refractivity contribution in [2.75, 3.05) is 0 Å². The topological polar surface area (TPSA) is 101 Å². The van der Waals surface area contributed by atoms with Gasteiger partial charge in [0.1, 0.15) is 11.7 Å². The second-order valence-corrected chi connectivity index (χ2v) is 5.77. The van der Waals surface area contributed by atoms with Gasteiger partial charge in [-0.1, -0.05) is 50.1 Å². The number of nitrogens with one attached hydrogen (secondary N) is 2. The number of benzene rings is 1. The molecule has 2 unspecified atom stereocenters. The number of rotatable bonds is 6. The minimum absolute atomic E-state index is 0.0315. The fourth-order valence-corrected chi connectivity index (χ4v) is 2.26. The van der Waals surface area contributed by atoms with E-state index >= 15 is 0 Å². The highest BCUT2D eigenvalue weighted by molar-refractivity contribution is 5.96. The fraction of sp³-hybridized carbons (Fsp3) is 0.353. The van der Waals surface area contributed by atoms with Crippen LogP contribution in [0.25, 0.3) is 11.3 Å². The van der Waals surface area contributed by atoms with E-state index in [0.717, 1.165) is 17.5 Å². The summed E-state index contributed by atoms with van der Waals surface area (Å²) in [7, 11) is 0. The van der Waals surface area contributed by atoms with Crippen LogP contribution >= 0.6 is 0 Å². The Labute approximate surface area is 135 Å². The largest absolute Gasteiger partial charge is 0.368 e. The summed E-state index contributed by atoms with van der Waals surface area (Å²) in [5.74, 6) is -0.957. The van der Waals surface area contributed by atoms with Crippen LogP contribution in [0.1, 0.15) is 36.3 Å². The lowest BCUT2D eigenvalue weighted by Crippen LogP contribution is -2.48. The van der Waals surface area contributed by atoms with E-state index in [0.29, 0.717) is 11.4 Å². The molecule has 0 saturated carbocycles. The van der Waals surface area contributed by atoms with Crippen molar-refractivity contribution in [2.45, 2.75) is 33.2 Å². The molecular formula is C17H22N4O2. The summed E-state index contributed by atoms with van der Waals surface area (Å²) in [4.78, 5) is 23.8. The minimum atomic E-state index is -0.696. The molecule has 2 atom stereocenters. The molecule has 0 fully saturated rings.